The molecule has 1 unspecified atom stereocenters. The number of aromatic nitrogens is 3. The molecule has 0 bridgehead atoms. The molecule has 0 saturated heterocycles. The summed E-state index contributed by atoms with van der Waals surface area (Å²) in [6.07, 6.45) is 6.21. The normalized spacial score (nSPS) is 12.6. The highest BCUT2D eigenvalue weighted by Gasteiger charge is 2.15. The topological polar surface area (TPSA) is 50.9 Å². The standard InChI is InChI=1S/C12H14BrN3O/c1-16-12(10(13)8-15-16)11(17)3-2-9-4-6-14-7-5-9/h4-8,11,17H,2-3H2,1H3. The van der Waals surface area contributed by atoms with Gasteiger partial charge in [0, 0.05) is 19.4 Å². The van der Waals surface area contributed by atoms with Gasteiger partial charge in [0.15, 0.2) is 0 Å². The molecular formula is C12H14BrN3O. The molecule has 0 fully saturated rings. The Morgan fingerprint density at radius 3 is 2.71 bits per heavy atom. The van der Waals surface area contributed by atoms with E-state index in [-0.39, 0.29) is 0 Å². The Morgan fingerprint density at radius 2 is 2.12 bits per heavy atom. The van der Waals surface area contributed by atoms with E-state index in [0.717, 1.165) is 16.6 Å². The molecule has 17 heavy (non-hydrogen) atoms. The molecule has 0 aliphatic heterocycles. The van der Waals surface area contributed by atoms with Crippen LogP contribution in [0.3, 0.4) is 0 Å². The zero-order valence-corrected chi connectivity index (χ0v) is 11.1. The van der Waals surface area contributed by atoms with Crippen LogP contribution in [0.4, 0.5) is 0 Å². The van der Waals surface area contributed by atoms with Crippen LogP contribution in [0.15, 0.2) is 35.2 Å². The molecule has 0 spiro atoms. The van der Waals surface area contributed by atoms with Gasteiger partial charge in [-0.3, -0.25) is 9.67 Å². The molecule has 90 valence electrons. The van der Waals surface area contributed by atoms with Crippen LogP contribution in [-0.4, -0.2) is 19.9 Å². The molecule has 0 aliphatic rings. The molecule has 2 aromatic rings. The molecule has 0 aromatic carbocycles. The number of halogens is 1. The van der Waals surface area contributed by atoms with E-state index in [4.69, 9.17) is 0 Å². The van der Waals surface area contributed by atoms with E-state index in [2.05, 4.69) is 26.0 Å². The number of rotatable bonds is 4. The smallest absolute Gasteiger partial charge is 0.0971 e. The lowest BCUT2D eigenvalue weighted by Crippen LogP contribution is -2.07. The molecule has 2 aromatic heterocycles. The number of hydrogen-bond acceptors (Lipinski definition) is 3. The predicted octanol–water partition coefficient (Wildman–Crippen LogP) is 2.24. The molecule has 2 heterocycles. The first-order chi connectivity index (χ1) is 8.18. The fourth-order valence-electron chi connectivity index (χ4n) is 1.78. The number of aryl methyl sites for hydroxylation is 2. The maximum absolute atomic E-state index is 10.1. The third-order valence-electron chi connectivity index (χ3n) is 2.71. The molecular weight excluding hydrogens is 282 g/mol. The van der Waals surface area contributed by atoms with Gasteiger partial charge in [-0.1, -0.05) is 0 Å². The number of nitrogens with zero attached hydrogens (tertiary/aromatic N) is 3. The zero-order valence-electron chi connectivity index (χ0n) is 9.55. The highest BCUT2D eigenvalue weighted by molar-refractivity contribution is 9.10. The molecule has 0 saturated carbocycles. The quantitative estimate of drug-likeness (QED) is 0.941. The van der Waals surface area contributed by atoms with E-state index in [9.17, 15) is 5.11 Å². The summed E-state index contributed by atoms with van der Waals surface area (Å²) >= 11 is 3.39. The van der Waals surface area contributed by atoms with Gasteiger partial charge in [0.1, 0.15) is 0 Å². The van der Waals surface area contributed by atoms with E-state index in [1.165, 1.54) is 5.56 Å². The summed E-state index contributed by atoms with van der Waals surface area (Å²) in [4.78, 5) is 3.97. The van der Waals surface area contributed by atoms with Crippen LogP contribution >= 0.6 is 15.9 Å². The van der Waals surface area contributed by atoms with Crippen LogP contribution in [0.25, 0.3) is 0 Å². The van der Waals surface area contributed by atoms with Crippen molar-refractivity contribution in [1.29, 1.82) is 0 Å². The van der Waals surface area contributed by atoms with E-state index >= 15 is 0 Å². The number of aliphatic hydroxyl groups is 1. The fourth-order valence-corrected chi connectivity index (χ4v) is 2.40. The second-order valence-electron chi connectivity index (χ2n) is 3.91. The summed E-state index contributed by atoms with van der Waals surface area (Å²) < 4.78 is 2.55. The van der Waals surface area contributed by atoms with Gasteiger partial charge in [0.05, 0.1) is 22.5 Å². The van der Waals surface area contributed by atoms with Crippen molar-refractivity contribution in [1.82, 2.24) is 14.8 Å². The Hall–Kier alpha value is -1.20. The predicted molar refractivity (Wildman–Crippen MR) is 68.4 cm³/mol. The molecule has 2 rings (SSSR count). The largest absolute Gasteiger partial charge is 0.387 e. The SMILES string of the molecule is Cn1ncc(Br)c1C(O)CCc1ccncc1. The first-order valence-electron chi connectivity index (χ1n) is 5.43. The summed E-state index contributed by atoms with van der Waals surface area (Å²) in [5.74, 6) is 0. The summed E-state index contributed by atoms with van der Waals surface area (Å²) in [6, 6.07) is 3.93. The third kappa shape index (κ3) is 2.92. The summed E-state index contributed by atoms with van der Waals surface area (Å²) in [5.41, 5.74) is 2.00. The minimum Gasteiger partial charge on any atom is -0.387 e. The number of pyridine rings is 1. The van der Waals surface area contributed by atoms with Crippen molar-refractivity contribution in [3.8, 4) is 0 Å². The molecule has 1 N–H and O–H groups in total. The Balaban J connectivity index is 2.01. The fraction of sp³-hybridized carbons (Fsp3) is 0.333. The molecule has 4 nitrogen and oxygen atoms in total. The third-order valence-corrected chi connectivity index (χ3v) is 3.32. The van der Waals surface area contributed by atoms with E-state index in [1.807, 2.05) is 19.2 Å². The van der Waals surface area contributed by atoms with Crippen molar-refractivity contribution in [2.75, 3.05) is 0 Å². The van der Waals surface area contributed by atoms with Crippen LogP contribution in [0.2, 0.25) is 0 Å². The van der Waals surface area contributed by atoms with Crippen LogP contribution in [0, 0.1) is 0 Å². The number of hydrogen-bond donors (Lipinski definition) is 1. The monoisotopic (exact) mass is 295 g/mol. The van der Waals surface area contributed by atoms with Crippen molar-refractivity contribution >= 4 is 15.9 Å². The highest BCUT2D eigenvalue weighted by atomic mass is 79.9. The molecule has 0 radical (unpaired) electrons. The van der Waals surface area contributed by atoms with Gasteiger partial charge < -0.3 is 5.11 Å². The molecule has 5 heteroatoms. The Kier molecular flexibility index (Phi) is 3.91. The van der Waals surface area contributed by atoms with Gasteiger partial charge in [-0.2, -0.15) is 5.10 Å². The van der Waals surface area contributed by atoms with Crippen molar-refractivity contribution in [3.05, 3.63) is 46.5 Å². The van der Waals surface area contributed by atoms with Crippen LogP contribution in [0.1, 0.15) is 23.8 Å². The van der Waals surface area contributed by atoms with Gasteiger partial charge in [-0.15, -0.1) is 0 Å². The van der Waals surface area contributed by atoms with E-state index in [0.29, 0.717) is 6.42 Å². The van der Waals surface area contributed by atoms with Gasteiger partial charge >= 0.3 is 0 Å². The summed E-state index contributed by atoms with van der Waals surface area (Å²) in [7, 11) is 1.83. The van der Waals surface area contributed by atoms with Crippen LogP contribution < -0.4 is 0 Å². The average Bonchev–Trinajstić information content (AvgIpc) is 2.67. The second kappa shape index (κ2) is 5.42. The Labute approximate surface area is 108 Å². The van der Waals surface area contributed by atoms with Crippen molar-refractivity contribution in [2.45, 2.75) is 18.9 Å². The average molecular weight is 296 g/mol. The minimum absolute atomic E-state index is 0.509. The molecule has 1 atom stereocenters. The lowest BCUT2D eigenvalue weighted by Gasteiger charge is -2.11. The lowest BCUT2D eigenvalue weighted by molar-refractivity contribution is 0.157. The van der Waals surface area contributed by atoms with E-state index in [1.54, 1.807) is 23.3 Å². The minimum atomic E-state index is -0.509. The first-order valence-corrected chi connectivity index (χ1v) is 6.22. The Morgan fingerprint density at radius 1 is 1.41 bits per heavy atom. The van der Waals surface area contributed by atoms with E-state index < -0.39 is 6.10 Å². The lowest BCUT2D eigenvalue weighted by atomic mass is 10.1. The molecule has 0 amide bonds. The highest BCUT2D eigenvalue weighted by Crippen LogP contribution is 2.25. The van der Waals surface area contributed by atoms with Gasteiger partial charge in [0.25, 0.3) is 0 Å². The zero-order chi connectivity index (χ0) is 12.3. The summed E-state index contributed by atoms with van der Waals surface area (Å²) in [5, 5.41) is 14.2. The maximum Gasteiger partial charge on any atom is 0.0971 e. The maximum atomic E-state index is 10.1. The Bertz CT molecular complexity index is 464. The van der Waals surface area contributed by atoms with Crippen molar-refractivity contribution in [3.63, 3.8) is 0 Å². The number of aliphatic hydroxyl groups excluding tert-OH is 1. The van der Waals surface area contributed by atoms with Crippen molar-refractivity contribution < 1.29 is 5.11 Å². The van der Waals surface area contributed by atoms with Gasteiger partial charge in [0.2, 0.25) is 0 Å². The van der Waals surface area contributed by atoms with Crippen molar-refractivity contribution in [2.24, 2.45) is 7.05 Å². The van der Waals surface area contributed by atoms with Crippen LogP contribution in [0.5, 0.6) is 0 Å². The first kappa shape index (κ1) is 12.3. The van der Waals surface area contributed by atoms with Gasteiger partial charge in [-0.05, 0) is 46.5 Å². The summed E-state index contributed by atoms with van der Waals surface area (Å²) in [6.45, 7) is 0. The second-order valence-corrected chi connectivity index (χ2v) is 4.77. The van der Waals surface area contributed by atoms with Crippen LogP contribution in [-0.2, 0) is 13.5 Å². The van der Waals surface area contributed by atoms with Gasteiger partial charge in [-0.25, -0.2) is 0 Å². The molecule has 0 aliphatic carbocycles.